The van der Waals surface area contributed by atoms with Gasteiger partial charge in [0.05, 0.1) is 6.10 Å². The zero-order valence-electron chi connectivity index (χ0n) is 12.1. The summed E-state index contributed by atoms with van der Waals surface area (Å²) in [6.45, 7) is 5.05. The lowest BCUT2D eigenvalue weighted by molar-refractivity contribution is 0.243. The van der Waals surface area contributed by atoms with E-state index in [0.717, 1.165) is 18.1 Å². The van der Waals surface area contributed by atoms with Crippen molar-refractivity contribution in [3.8, 4) is 5.75 Å². The second-order valence-corrected chi connectivity index (χ2v) is 6.74. The summed E-state index contributed by atoms with van der Waals surface area (Å²) in [6.07, 6.45) is 9.50. The van der Waals surface area contributed by atoms with Crippen LogP contribution in [0.4, 0.5) is 5.82 Å². The van der Waals surface area contributed by atoms with Gasteiger partial charge in [-0.2, -0.15) is 11.8 Å². The predicted octanol–water partition coefficient (Wildman–Crippen LogP) is 3.96. The van der Waals surface area contributed by atoms with Gasteiger partial charge in [-0.3, -0.25) is 0 Å². The van der Waals surface area contributed by atoms with Crippen molar-refractivity contribution in [1.29, 1.82) is 0 Å². The van der Waals surface area contributed by atoms with E-state index < -0.39 is 0 Å². The molecule has 1 N–H and O–H groups in total. The monoisotopic (exact) mass is 280 g/mol. The van der Waals surface area contributed by atoms with Crippen LogP contribution in [0.3, 0.4) is 0 Å². The minimum absolute atomic E-state index is 0.172. The van der Waals surface area contributed by atoms with Gasteiger partial charge in [-0.1, -0.05) is 12.8 Å². The van der Waals surface area contributed by atoms with E-state index in [1.165, 1.54) is 25.7 Å². The summed E-state index contributed by atoms with van der Waals surface area (Å²) in [6, 6.07) is 3.90. The van der Waals surface area contributed by atoms with Gasteiger partial charge in [-0.05, 0) is 45.1 Å². The number of nitrogens with one attached hydrogen (secondary N) is 1. The molecule has 0 aromatic carbocycles. The Kier molecular flexibility index (Phi) is 4.97. The fraction of sp³-hybridized carbons (Fsp3) is 0.667. The Hall–Kier alpha value is -0.900. The number of pyridine rings is 1. The highest BCUT2D eigenvalue weighted by Crippen LogP contribution is 2.40. The third kappa shape index (κ3) is 3.78. The summed E-state index contributed by atoms with van der Waals surface area (Å²) in [7, 11) is 0. The molecule has 2 rings (SSSR count). The number of aromatic nitrogens is 1. The average molecular weight is 280 g/mol. The normalized spacial score (nSPS) is 17.7. The van der Waals surface area contributed by atoms with Crippen molar-refractivity contribution >= 4 is 17.6 Å². The summed E-state index contributed by atoms with van der Waals surface area (Å²) < 4.78 is 6.18. The Labute approximate surface area is 120 Å². The van der Waals surface area contributed by atoms with Crippen LogP contribution < -0.4 is 10.1 Å². The first-order chi connectivity index (χ1) is 9.15. The lowest BCUT2D eigenvalue weighted by atomic mass is 10.1. The van der Waals surface area contributed by atoms with Gasteiger partial charge >= 0.3 is 0 Å². The third-order valence-corrected chi connectivity index (χ3v) is 5.08. The fourth-order valence-corrected chi connectivity index (χ4v) is 3.50. The van der Waals surface area contributed by atoms with E-state index in [-0.39, 0.29) is 6.10 Å². The predicted molar refractivity (Wildman–Crippen MR) is 83.2 cm³/mol. The van der Waals surface area contributed by atoms with Crippen LogP contribution in [0.2, 0.25) is 0 Å². The van der Waals surface area contributed by atoms with E-state index in [0.29, 0.717) is 4.75 Å². The summed E-state index contributed by atoms with van der Waals surface area (Å²) in [4.78, 5) is 4.41. The van der Waals surface area contributed by atoms with Gasteiger partial charge in [0.1, 0.15) is 0 Å². The van der Waals surface area contributed by atoms with Crippen molar-refractivity contribution in [3.63, 3.8) is 0 Å². The van der Waals surface area contributed by atoms with Crippen molar-refractivity contribution in [2.24, 2.45) is 0 Å². The molecular weight excluding hydrogens is 256 g/mol. The fourth-order valence-electron chi connectivity index (χ4n) is 2.59. The molecule has 1 fully saturated rings. The molecule has 106 valence electrons. The molecule has 0 radical (unpaired) electrons. The molecule has 0 aliphatic heterocycles. The molecule has 3 nitrogen and oxygen atoms in total. The Bertz CT molecular complexity index is 403. The minimum atomic E-state index is 0.172. The van der Waals surface area contributed by atoms with Crippen LogP contribution in [0.25, 0.3) is 0 Å². The maximum absolute atomic E-state index is 5.80. The van der Waals surface area contributed by atoms with Gasteiger partial charge in [0.2, 0.25) is 0 Å². The van der Waals surface area contributed by atoms with Gasteiger partial charge in [-0.25, -0.2) is 4.98 Å². The summed E-state index contributed by atoms with van der Waals surface area (Å²) in [5, 5.41) is 3.50. The van der Waals surface area contributed by atoms with E-state index >= 15 is 0 Å². The number of anilines is 1. The molecule has 1 heterocycles. The summed E-state index contributed by atoms with van der Waals surface area (Å²) in [5.41, 5.74) is 0. The van der Waals surface area contributed by atoms with E-state index in [1.807, 2.05) is 43.9 Å². The second-order valence-electron chi connectivity index (χ2n) is 5.46. The molecule has 1 saturated carbocycles. The van der Waals surface area contributed by atoms with Crippen LogP contribution in [0, 0.1) is 0 Å². The quantitative estimate of drug-likeness (QED) is 0.855. The Morgan fingerprint density at radius 3 is 2.79 bits per heavy atom. The molecule has 19 heavy (non-hydrogen) atoms. The van der Waals surface area contributed by atoms with Crippen LogP contribution in [0.5, 0.6) is 5.75 Å². The van der Waals surface area contributed by atoms with Crippen molar-refractivity contribution < 1.29 is 4.74 Å². The standard InChI is InChI=1S/C15H24N2OS/c1-12(2)18-13-7-6-10-16-14(13)17-11-15(19-3)8-4-5-9-15/h6-7,10,12H,4-5,8-9,11H2,1-3H3,(H,16,17). The molecule has 0 saturated heterocycles. The van der Waals surface area contributed by atoms with Crippen LogP contribution in [0.1, 0.15) is 39.5 Å². The number of thioether (sulfide) groups is 1. The molecule has 0 atom stereocenters. The SMILES string of the molecule is CSC1(CNc2ncccc2OC(C)C)CCCC1. The number of rotatable bonds is 6. The van der Waals surface area contributed by atoms with E-state index in [2.05, 4.69) is 16.6 Å². The van der Waals surface area contributed by atoms with Crippen LogP contribution >= 0.6 is 11.8 Å². The van der Waals surface area contributed by atoms with Crippen LogP contribution in [0.15, 0.2) is 18.3 Å². The lowest BCUT2D eigenvalue weighted by Gasteiger charge is -2.27. The molecule has 0 spiro atoms. The van der Waals surface area contributed by atoms with E-state index in [4.69, 9.17) is 4.74 Å². The molecule has 1 aliphatic carbocycles. The van der Waals surface area contributed by atoms with E-state index in [9.17, 15) is 0 Å². The Morgan fingerprint density at radius 1 is 1.42 bits per heavy atom. The van der Waals surface area contributed by atoms with Crippen molar-refractivity contribution in [2.45, 2.75) is 50.4 Å². The first-order valence-electron chi connectivity index (χ1n) is 7.06. The highest BCUT2D eigenvalue weighted by molar-refractivity contribution is 8.00. The third-order valence-electron chi connectivity index (χ3n) is 3.66. The molecule has 1 aromatic heterocycles. The zero-order chi connectivity index (χ0) is 13.7. The van der Waals surface area contributed by atoms with E-state index in [1.54, 1.807) is 0 Å². The smallest absolute Gasteiger partial charge is 0.168 e. The topological polar surface area (TPSA) is 34.2 Å². The van der Waals surface area contributed by atoms with Crippen molar-refractivity contribution in [1.82, 2.24) is 4.98 Å². The van der Waals surface area contributed by atoms with Gasteiger partial charge in [0, 0.05) is 17.5 Å². The van der Waals surface area contributed by atoms with Crippen LogP contribution in [-0.4, -0.2) is 28.6 Å². The van der Waals surface area contributed by atoms with Gasteiger partial charge in [0.15, 0.2) is 11.6 Å². The molecule has 0 unspecified atom stereocenters. The van der Waals surface area contributed by atoms with Gasteiger partial charge in [0.25, 0.3) is 0 Å². The molecule has 1 aromatic rings. The highest BCUT2D eigenvalue weighted by Gasteiger charge is 2.32. The molecule has 0 bridgehead atoms. The maximum Gasteiger partial charge on any atom is 0.168 e. The molecular formula is C15H24N2OS. The summed E-state index contributed by atoms with van der Waals surface area (Å²) >= 11 is 1.99. The largest absolute Gasteiger partial charge is 0.487 e. The minimum Gasteiger partial charge on any atom is -0.487 e. The molecule has 0 amide bonds. The Morgan fingerprint density at radius 2 is 2.16 bits per heavy atom. The highest BCUT2D eigenvalue weighted by atomic mass is 32.2. The molecule has 1 aliphatic rings. The van der Waals surface area contributed by atoms with Gasteiger partial charge < -0.3 is 10.1 Å². The second kappa shape index (κ2) is 6.51. The first-order valence-corrected chi connectivity index (χ1v) is 8.28. The zero-order valence-corrected chi connectivity index (χ0v) is 12.9. The number of ether oxygens (including phenoxy) is 1. The first kappa shape index (κ1) is 14.5. The molecule has 4 heteroatoms. The average Bonchev–Trinajstić information content (AvgIpc) is 2.87. The summed E-state index contributed by atoms with van der Waals surface area (Å²) in [5.74, 6) is 1.73. The maximum atomic E-state index is 5.80. The number of hydrogen-bond donors (Lipinski definition) is 1. The number of hydrogen-bond acceptors (Lipinski definition) is 4. The van der Waals surface area contributed by atoms with Crippen molar-refractivity contribution in [2.75, 3.05) is 18.1 Å². The van der Waals surface area contributed by atoms with Gasteiger partial charge in [-0.15, -0.1) is 0 Å². The lowest BCUT2D eigenvalue weighted by Crippen LogP contribution is -2.30. The number of nitrogens with zero attached hydrogens (tertiary/aromatic N) is 1. The van der Waals surface area contributed by atoms with Crippen molar-refractivity contribution in [3.05, 3.63) is 18.3 Å². The Balaban J connectivity index is 2.02. The van der Waals surface area contributed by atoms with Crippen LogP contribution in [-0.2, 0) is 0 Å².